The molecule has 4 fully saturated rings. The van der Waals surface area contributed by atoms with Crippen LogP contribution in [0.3, 0.4) is 0 Å². The maximum Gasteiger partial charge on any atom is 0.133 e. The Morgan fingerprint density at radius 2 is 1.71 bits per heavy atom. The van der Waals surface area contributed by atoms with E-state index in [0.29, 0.717) is 30.1 Å². The first-order valence-electron chi connectivity index (χ1n) is 11.5. The molecule has 0 unspecified atom stereocenters. The molecule has 0 amide bonds. The summed E-state index contributed by atoms with van der Waals surface area (Å²) in [5.41, 5.74) is -0.257. The van der Waals surface area contributed by atoms with E-state index < -0.39 is 5.60 Å². The normalized spacial score (nSPS) is 50.5. The lowest BCUT2D eigenvalue weighted by Crippen LogP contribution is -2.59. The fraction of sp³-hybridized carbons (Fsp3) is 0.958. The number of fused-ring (bicyclic) bond motifs is 5. The van der Waals surface area contributed by atoms with Gasteiger partial charge in [0.05, 0.1) is 18.8 Å². The molecule has 4 aliphatic carbocycles. The molecule has 28 heavy (non-hydrogen) atoms. The van der Waals surface area contributed by atoms with Crippen molar-refractivity contribution in [3.63, 3.8) is 0 Å². The number of carbonyl (C=O) groups excluding carboxylic acids is 1. The molecule has 4 aliphatic rings. The van der Waals surface area contributed by atoms with Crippen LogP contribution in [0.2, 0.25) is 0 Å². The molecule has 4 rings (SSSR count). The van der Waals surface area contributed by atoms with E-state index in [-0.39, 0.29) is 16.7 Å². The van der Waals surface area contributed by atoms with Crippen molar-refractivity contribution in [2.45, 2.75) is 77.2 Å². The smallest absolute Gasteiger partial charge is 0.133 e. The summed E-state index contributed by atoms with van der Waals surface area (Å²) in [4.78, 5) is 12.3. The first-order valence-corrected chi connectivity index (χ1v) is 11.5. The second-order valence-electron chi connectivity index (χ2n) is 11.0. The largest absolute Gasteiger partial charge is 0.387 e. The highest BCUT2D eigenvalue weighted by atomic mass is 16.5. The molecular formula is C24H40O4. The molecule has 0 aliphatic heterocycles. The van der Waals surface area contributed by atoms with E-state index in [9.17, 15) is 9.90 Å². The standard InChI is InChI=1S/C24H40O4/c1-16(25)19-7-8-20-18-6-5-17-13-23(26,14-27-3)11-12-24(17,15-28-4)21(18)9-10-22(19,20)2/h17-21,26H,5-15H2,1-4H3/t17-,18-,19+,20-,21-,22+,23+,24+/m0/s1. The van der Waals surface area contributed by atoms with Crippen molar-refractivity contribution in [2.75, 3.05) is 27.4 Å². The van der Waals surface area contributed by atoms with Crippen LogP contribution in [0.4, 0.5) is 0 Å². The SMILES string of the molecule is COC[C@@]1(O)CC[C@@]2(COC)[C@@H](CC[C@H]3[C@@H]4CC[C@H](C(C)=O)[C@@]4(C)CC[C@@H]32)C1. The van der Waals surface area contributed by atoms with Crippen LogP contribution in [-0.4, -0.2) is 43.9 Å². The van der Waals surface area contributed by atoms with Crippen LogP contribution >= 0.6 is 0 Å². The lowest BCUT2D eigenvalue weighted by atomic mass is 9.43. The van der Waals surface area contributed by atoms with Crippen molar-refractivity contribution in [3.8, 4) is 0 Å². The molecule has 0 aromatic rings. The molecule has 4 nitrogen and oxygen atoms in total. The van der Waals surface area contributed by atoms with Crippen LogP contribution in [0.1, 0.15) is 71.6 Å². The third-order valence-corrected chi connectivity index (χ3v) is 9.84. The van der Waals surface area contributed by atoms with E-state index in [1.165, 1.54) is 32.1 Å². The monoisotopic (exact) mass is 392 g/mol. The van der Waals surface area contributed by atoms with Crippen molar-refractivity contribution < 1.29 is 19.4 Å². The number of methoxy groups -OCH3 is 2. The van der Waals surface area contributed by atoms with Crippen molar-refractivity contribution in [1.82, 2.24) is 0 Å². The number of rotatable bonds is 5. The minimum Gasteiger partial charge on any atom is -0.387 e. The molecule has 160 valence electrons. The van der Waals surface area contributed by atoms with Crippen molar-refractivity contribution >= 4 is 5.78 Å². The number of ketones is 1. The highest BCUT2D eigenvalue weighted by molar-refractivity contribution is 5.79. The van der Waals surface area contributed by atoms with Gasteiger partial charge in [0.25, 0.3) is 0 Å². The fourth-order valence-corrected chi connectivity index (χ4v) is 8.74. The third kappa shape index (κ3) is 3.01. The average molecular weight is 393 g/mol. The van der Waals surface area contributed by atoms with Gasteiger partial charge in [-0.3, -0.25) is 4.79 Å². The quantitative estimate of drug-likeness (QED) is 0.760. The summed E-state index contributed by atoms with van der Waals surface area (Å²) in [6, 6.07) is 0. The van der Waals surface area contributed by atoms with Gasteiger partial charge in [0.1, 0.15) is 5.78 Å². The summed E-state index contributed by atoms with van der Waals surface area (Å²) in [6.45, 7) is 5.49. The molecule has 0 radical (unpaired) electrons. The maximum absolute atomic E-state index is 12.3. The second kappa shape index (κ2) is 7.35. The number of Topliss-reactive ketones (excluding diaryl/α,β-unsaturated/α-hetero) is 1. The minimum absolute atomic E-state index is 0.202. The molecule has 0 spiro atoms. The predicted octanol–water partition coefficient (Wildman–Crippen LogP) is 4.24. The van der Waals surface area contributed by atoms with E-state index in [2.05, 4.69) is 6.92 Å². The Hall–Kier alpha value is -0.450. The van der Waals surface area contributed by atoms with Gasteiger partial charge in [-0.15, -0.1) is 0 Å². The van der Waals surface area contributed by atoms with Gasteiger partial charge in [-0.05, 0) is 99.2 Å². The van der Waals surface area contributed by atoms with Gasteiger partial charge in [0, 0.05) is 20.1 Å². The summed E-state index contributed by atoms with van der Waals surface area (Å²) in [5, 5.41) is 11.1. The lowest BCUT2D eigenvalue weighted by molar-refractivity contribution is -0.186. The zero-order chi connectivity index (χ0) is 20.2. The number of carbonyl (C=O) groups is 1. The Labute approximate surface area is 170 Å². The third-order valence-electron chi connectivity index (χ3n) is 9.84. The molecule has 8 atom stereocenters. The Balaban J connectivity index is 1.62. The molecule has 1 N–H and O–H groups in total. The molecule has 4 saturated carbocycles. The molecule has 4 heteroatoms. The van der Waals surface area contributed by atoms with Crippen molar-refractivity contribution in [1.29, 1.82) is 0 Å². The number of hydrogen-bond acceptors (Lipinski definition) is 4. The molecule has 0 saturated heterocycles. The Kier molecular flexibility index (Phi) is 5.46. The highest BCUT2D eigenvalue weighted by Gasteiger charge is 2.63. The highest BCUT2D eigenvalue weighted by Crippen LogP contribution is 2.68. The van der Waals surface area contributed by atoms with Crippen LogP contribution < -0.4 is 0 Å². The maximum atomic E-state index is 12.3. The van der Waals surface area contributed by atoms with E-state index in [4.69, 9.17) is 9.47 Å². The molecule has 0 aromatic heterocycles. The van der Waals surface area contributed by atoms with E-state index >= 15 is 0 Å². The minimum atomic E-state index is -0.667. The van der Waals surface area contributed by atoms with Gasteiger partial charge in [-0.2, -0.15) is 0 Å². The van der Waals surface area contributed by atoms with E-state index in [1.54, 1.807) is 7.11 Å². The van der Waals surface area contributed by atoms with E-state index in [0.717, 1.165) is 38.2 Å². The summed E-state index contributed by atoms with van der Waals surface area (Å²) in [5.74, 6) is 3.30. The van der Waals surface area contributed by atoms with Crippen molar-refractivity contribution in [2.24, 2.45) is 40.4 Å². The second-order valence-corrected chi connectivity index (χ2v) is 11.0. The molecule has 0 aromatic carbocycles. The van der Waals surface area contributed by atoms with Gasteiger partial charge >= 0.3 is 0 Å². The zero-order valence-electron chi connectivity index (χ0n) is 18.3. The summed E-state index contributed by atoms with van der Waals surface area (Å²) < 4.78 is 11.2. The van der Waals surface area contributed by atoms with Crippen molar-refractivity contribution in [3.05, 3.63) is 0 Å². The molecule has 0 heterocycles. The topological polar surface area (TPSA) is 55.8 Å². The summed E-state index contributed by atoms with van der Waals surface area (Å²) >= 11 is 0. The van der Waals surface area contributed by atoms with Crippen LogP contribution in [0.15, 0.2) is 0 Å². The van der Waals surface area contributed by atoms with Gasteiger partial charge < -0.3 is 14.6 Å². The number of hydrogen-bond donors (Lipinski definition) is 1. The summed E-state index contributed by atoms with van der Waals surface area (Å²) in [6.07, 6.45) is 9.90. The molecule has 0 bridgehead atoms. The van der Waals surface area contributed by atoms with Gasteiger partial charge in [0.15, 0.2) is 0 Å². The van der Waals surface area contributed by atoms with Crippen LogP contribution in [-0.2, 0) is 14.3 Å². The van der Waals surface area contributed by atoms with Crippen LogP contribution in [0, 0.1) is 40.4 Å². The predicted molar refractivity (Wildman–Crippen MR) is 109 cm³/mol. The Morgan fingerprint density at radius 3 is 2.39 bits per heavy atom. The van der Waals surface area contributed by atoms with Crippen LogP contribution in [0.25, 0.3) is 0 Å². The molecular weight excluding hydrogens is 352 g/mol. The number of aliphatic hydroxyl groups is 1. The van der Waals surface area contributed by atoms with E-state index in [1.807, 2.05) is 14.0 Å². The van der Waals surface area contributed by atoms with Gasteiger partial charge in [-0.1, -0.05) is 6.92 Å². The first-order chi connectivity index (χ1) is 13.3. The fourth-order valence-electron chi connectivity index (χ4n) is 8.74. The Bertz CT molecular complexity index is 605. The summed E-state index contributed by atoms with van der Waals surface area (Å²) in [7, 11) is 3.54. The Morgan fingerprint density at radius 1 is 0.964 bits per heavy atom. The van der Waals surface area contributed by atoms with Gasteiger partial charge in [-0.25, -0.2) is 0 Å². The lowest BCUT2D eigenvalue weighted by Gasteiger charge is -2.62. The number of ether oxygens (including phenoxy) is 2. The average Bonchev–Trinajstić information content (AvgIpc) is 3.00. The zero-order valence-corrected chi connectivity index (χ0v) is 18.3. The van der Waals surface area contributed by atoms with Crippen LogP contribution in [0.5, 0.6) is 0 Å². The first kappa shape index (κ1) is 20.8. The van der Waals surface area contributed by atoms with Gasteiger partial charge in [0.2, 0.25) is 0 Å².